The van der Waals surface area contributed by atoms with Gasteiger partial charge in [-0.05, 0) is 44.1 Å². The Morgan fingerprint density at radius 1 is 1.11 bits per heavy atom. The second kappa shape index (κ2) is 5.26. The van der Waals surface area contributed by atoms with Gasteiger partial charge in [-0.2, -0.15) is 0 Å². The number of fused-ring (bicyclic) bond motifs is 1. The summed E-state index contributed by atoms with van der Waals surface area (Å²) in [6.07, 6.45) is 4.32. The zero-order valence-electron chi connectivity index (χ0n) is 12.2. The number of benzene rings is 1. The molecule has 1 heterocycles. The average molecular weight is 258 g/mol. The fraction of sp³-hybridized carbons (Fsp3) is 0.647. The van der Waals surface area contributed by atoms with Crippen LogP contribution in [-0.2, 0) is 0 Å². The molecule has 1 saturated heterocycles. The maximum absolute atomic E-state index is 6.48. The summed E-state index contributed by atoms with van der Waals surface area (Å²) >= 11 is 0. The van der Waals surface area contributed by atoms with Gasteiger partial charge in [0.1, 0.15) is 0 Å². The highest BCUT2D eigenvalue weighted by Gasteiger charge is 2.38. The number of hydrogen-bond donors (Lipinski definition) is 1. The molecule has 2 N–H and O–H groups in total. The summed E-state index contributed by atoms with van der Waals surface area (Å²) in [6.45, 7) is 6.96. The first-order valence-electron chi connectivity index (χ1n) is 7.71. The molecule has 0 bridgehead atoms. The number of nitrogens with two attached hydrogens (primary N) is 1. The van der Waals surface area contributed by atoms with E-state index in [1.54, 1.807) is 0 Å². The van der Waals surface area contributed by atoms with Crippen molar-refractivity contribution in [2.24, 2.45) is 17.6 Å². The molecule has 2 nitrogen and oxygen atoms in total. The minimum atomic E-state index is 0.138. The van der Waals surface area contributed by atoms with E-state index in [0.717, 1.165) is 11.8 Å². The lowest BCUT2D eigenvalue weighted by Crippen LogP contribution is -2.39. The van der Waals surface area contributed by atoms with Gasteiger partial charge in [0.05, 0.1) is 0 Å². The van der Waals surface area contributed by atoms with E-state index < -0.39 is 0 Å². The van der Waals surface area contributed by atoms with Crippen molar-refractivity contribution in [3.8, 4) is 0 Å². The Morgan fingerprint density at radius 3 is 2.26 bits per heavy atom. The van der Waals surface area contributed by atoms with Gasteiger partial charge in [0.25, 0.3) is 0 Å². The van der Waals surface area contributed by atoms with E-state index in [4.69, 9.17) is 5.73 Å². The van der Waals surface area contributed by atoms with Crippen molar-refractivity contribution in [3.05, 3.63) is 35.4 Å². The average Bonchev–Trinajstić information content (AvgIpc) is 2.98. The van der Waals surface area contributed by atoms with Crippen LogP contribution >= 0.6 is 0 Å². The molecular weight excluding hydrogens is 232 g/mol. The maximum Gasteiger partial charge on any atom is 0.0450 e. The lowest BCUT2D eigenvalue weighted by Gasteiger charge is -2.30. The predicted octanol–water partition coefficient (Wildman–Crippen LogP) is 3.12. The molecular formula is C17H26N2. The van der Waals surface area contributed by atoms with Gasteiger partial charge in [0, 0.05) is 25.2 Å². The van der Waals surface area contributed by atoms with Gasteiger partial charge in [-0.3, -0.25) is 4.90 Å². The molecule has 1 aromatic carbocycles. The maximum atomic E-state index is 6.48. The Morgan fingerprint density at radius 2 is 1.68 bits per heavy atom. The van der Waals surface area contributed by atoms with Crippen LogP contribution in [0.3, 0.4) is 0 Å². The molecule has 4 atom stereocenters. The molecule has 1 aliphatic carbocycles. The Bertz CT molecular complexity index is 413. The van der Waals surface area contributed by atoms with Gasteiger partial charge in [-0.15, -0.1) is 0 Å². The minimum absolute atomic E-state index is 0.138. The van der Waals surface area contributed by atoms with Crippen LogP contribution in [-0.4, -0.2) is 24.0 Å². The number of aryl methyl sites for hydroxylation is 1. The molecule has 4 unspecified atom stereocenters. The molecule has 2 heteroatoms. The van der Waals surface area contributed by atoms with Gasteiger partial charge >= 0.3 is 0 Å². The van der Waals surface area contributed by atoms with E-state index >= 15 is 0 Å². The third-order valence-corrected chi connectivity index (χ3v) is 5.31. The molecule has 0 spiro atoms. The van der Waals surface area contributed by atoms with E-state index in [2.05, 4.69) is 43.0 Å². The normalized spacial score (nSPS) is 30.3. The minimum Gasteiger partial charge on any atom is -0.323 e. The fourth-order valence-electron chi connectivity index (χ4n) is 3.90. The SMILES string of the molecule is Cc1ccc(C(N)C(C)N2CC3CCCC3C2)cc1. The topological polar surface area (TPSA) is 29.3 Å². The molecule has 0 aromatic heterocycles. The highest BCUT2D eigenvalue weighted by atomic mass is 15.2. The zero-order valence-corrected chi connectivity index (χ0v) is 12.2. The van der Waals surface area contributed by atoms with E-state index in [9.17, 15) is 0 Å². The molecule has 0 amide bonds. The first kappa shape index (κ1) is 13.1. The van der Waals surface area contributed by atoms with Gasteiger partial charge in [-0.1, -0.05) is 36.2 Å². The van der Waals surface area contributed by atoms with Crippen molar-refractivity contribution in [2.45, 2.75) is 45.2 Å². The van der Waals surface area contributed by atoms with Crippen LogP contribution in [0, 0.1) is 18.8 Å². The Labute approximate surface area is 117 Å². The van der Waals surface area contributed by atoms with E-state index in [-0.39, 0.29) is 6.04 Å². The van der Waals surface area contributed by atoms with Crippen molar-refractivity contribution in [3.63, 3.8) is 0 Å². The van der Waals surface area contributed by atoms with Gasteiger partial charge in [0.2, 0.25) is 0 Å². The van der Waals surface area contributed by atoms with Crippen LogP contribution in [0.5, 0.6) is 0 Å². The standard InChI is InChI=1S/C17H26N2/c1-12-6-8-14(9-7-12)17(18)13(2)19-10-15-4-3-5-16(15)11-19/h6-9,13,15-17H,3-5,10-11,18H2,1-2H3. The molecule has 104 valence electrons. The number of likely N-dealkylation sites (tertiary alicyclic amines) is 1. The first-order valence-corrected chi connectivity index (χ1v) is 7.71. The molecule has 19 heavy (non-hydrogen) atoms. The highest BCUT2D eigenvalue weighted by Crippen LogP contribution is 2.39. The van der Waals surface area contributed by atoms with Crippen LogP contribution in [0.25, 0.3) is 0 Å². The van der Waals surface area contributed by atoms with Crippen molar-refractivity contribution in [1.82, 2.24) is 4.90 Å². The van der Waals surface area contributed by atoms with Crippen LogP contribution in [0.4, 0.5) is 0 Å². The van der Waals surface area contributed by atoms with Crippen LogP contribution in [0.2, 0.25) is 0 Å². The molecule has 1 saturated carbocycles. The smallest absolute Gasteiger partial charge is 0.0450 e. The predicted molar refractivity (Wildman–Crippen MR) is 80.0 cm³/mol. The summed E-state index contributed by atoms with van der Waals surface area (Å²) in [5.41, 5.74) is 9.06. The van der Waals surface area contributed by atoms with Gasteiger partial charge < -0.3 is 5.73 Å². The van der Waals surface area contributed by atoms with Crippen molar-refractivity contribution in [1.29, 1.82) is 0 Å². The van der Waals surface area contributed by atoms with Crippen molar-refractivity contribution >= 4 is 0 Å². The number of rotatable bonds is 3. The summed E-state index contributed by atoms with van der Waals surface area (Å²) in [5.74, 6) is 1.90. The summed E-state index contributed by atoms with van der Waals surface area (Å²) in [6, 6.07) is 9.30. The van der Waals surface area contributed by atoms with E-state index in [0.29, 0.717) is 6.04 Å². The van der Waals surface area contributed by atoms with Gasteiger partial charge in [0.15, 0.2) is 0 Å². The first-order chi connectivity index (χ1) is 9.15. The van der Waals surface area contributed by atoms with Crippen molar-refractivity contribution in [2.75, 3.05) is 13.1 Å². The lowest BCUT2D eigenvalue weighted by molar-refractivity contribution is 0.211. The Kier molecular flexibility index (Phi) is 3.64. The third kappa shape index (κ3) is 2.56. The fourth-order valence-corrected chi connectivity index (χ4v) is 3.90. The summed E-state index contributed by atoms with van der Waals surface area (Å²) in [7, 11) is 0. The van der Waals surface area contributed by atoms with Gasteiger partial charge in [-0.25, -0.2) is 0 Å². The molecule has 3 rings (SSSR count). The van der Waals surface area contributed by atoms with Crippen LogP contribution < -0.4 is 5.73 Å². The van der Waals surface area contributed by atoms with E-state index in [1.807, 2.05) is 0 Å². The summed E-state index contributed by atoms with van der Waals surface area (Å²) < 4.78 is 0. The molecule has 1 aliphatic heterocycles. The molecule has 1 aromatic rings. The summed E-state index contributed by atoms with van der Waals surface area (Å²) in [5, 5.41) is 0. The lowest BCUT2D eigenvalue weighted by atomic mass is 9.99. The molecule has 0 radical (unpaired) electrons. The zero-order chi connectivity index (χ0) is 13.4. The van der Waals surface area contributed by atoms with Crippen LogP contribution in [0.1, 0.15) is 43.4 Å². The quantitative estimate of drug-likeness (QED) is 0.902. The molecule has 2 fully saturated rings. The number of nitrogens with zero attached hydrogens (tertiary/aromatic N) is 1. The Balaban J connectivity index is 1.66. The second-order valence-corrected chi connectivity index (χ2v) is 6.58. The second-order valence-electron chi connectivity index (χ2n) is 6.58. The molecule has 2 aliphatic rings. The monoisotopic (exact) mass is 258 g/mol. The highest BCUT2D eigenvalue weighted by molar-refractivity contribution is 5.25. The van der Waals surface area contributed by atoms with Crippen molar-refractivity contribution < 1.29 is 0 Å². The number of hydrogen-bond acceptors (Lipinski definition) is 2. The summed E-state index contributed by atoms with van der Waals surface area (Å²) in [4.78, 5) is 2.62. The van der Waals surface area contributed by atoms with E-state index in [1.165, 1.54) is 43.5 Å². The largest absolute Gasteiger partial charge is 0.323 e. The third-order valence-electron chi connectivity index (χ3n) is 5.31. The van der Waals surface area contributed by atoms with Crippen LogP contribution in [0.15, 0.2) is 24.3 Å². The Hall–Kier alpha value is -0.860.